The summed E-state index contributed by atoms with van der Waals surface area (Å²) >= 11 is 12.1. The third-order valence-electron chi connectivity index (χ3n) is 6.32. The minimum Gasteiger partial charge on any atom is -0.478 e. The lowest BCUT2D eigenvalue weighted by Crippen LogP contribution is -2.44. The van der Waals surface area contributed by atoms with Crippen molar-refractivity contribution in [1.82, 2.24) is 19.9 Å². The molecule has 0 aliphatic carbocycles. The van der Waals surface area contributed by atoms with Crippen molar-refractivity contribution in [3.8, 4) is 5.69 Å². The summed E-state index contributed by atoms with van der Waals surface area (Å²) in [6.45, 7) is 0.331. The standard InChI is InChI=1S/C28H21Cl2N5O4/c29-20-8-11-23(35-16-24(30)32-33-35)19(15-20)7-12-25(36)34-14-13-17-3-1-2-4-22(17)26(34)27(37)31-21-9-5-18(6-10-21)28(38)39/h1-12,15-16,26H,13-14H2,(H,31,37)(H,38,39). The van der Waals surface area contributed by atoms with Gasteiger partial charge in [0.15, 0.2) is 5.15 Å². The number of nitrogens with one attached hydrogen (secondary N) is 1. The highest BCUT2D eigenvalue weighted by Crippen LogP contribution is 2.31. The molecule has 1 atom stereocenters. The summed E-state index contributed by atoms with van der Waals surface area (Å²) in [5, 5.41) is 20.4. The molecule has 0 fully saturated rings. The highest BCUT2D eigenvalue weighted by molar-refractivity contribution is 6.30. The molecule has 2 heterocycles. The Hall–Kier alpha value is -4.47. The van der Waals surface area contributed by atoms with Crippen LogP contribution in [0.4, 0.5) is 5.69 Å². The first kappa shape index (κ1) is 26.1. The molecule has 3 aromatic carbocycles. The minimum absolute atomic E-state index is 0.103. The van der Waals surface area contributed by atoms with E-state index in [0.717, 1.165) is 11.1 Å². The summed E-state index contributed by atoms with van der Waals surface area (Å²) in [6, 6.07) is 17.6. The molecule has 0 bridgehead atoms. The summed E-state index contributed by atoms with van der Waals surface area (Å²) in [5.41, 5.74) is 3.45. The molecule has 196 valence electrons. The zero-order valence-electron chi connectivity index (χ0n) is 20.3. The molecule has 0 saturated heterocycles. The predicted molar refractivity (Wildman–Crippen MR) is 147 cm³/mol. The van der Waals surface area contributed by atoms with Crippen molar-refractivity contribution in [3.63, 3.8) is 0 Å². The van der Waals surface area contributed by atoms with E-state index in [4.69, 9.17) is 28.3 Å². The molecule has 1 aromatic heterocycles. The third-order valence-corrected chi connectivity index (χ3v) is 6.73. The largest absolute Gasteiger partial charge is 0.478 e. The number of aromatic nitrogens is 3. The second-order valence-corrected chi connectivity index (χ2v) is 9.60. The van der Waals surface area contributed by atoms with Crippen LogP contribution in [0.1, 0.15) is 33.1 Å². The summed E-state index contributed by atoms with van der Waals surface area (Å²) in [6.07, 6.45) is 5.13. The van der Waals surface area contributed by atoms with Crippen molar-refractivity contribution >= 4 is 52.7 Å². The van der Waals surface area contributed by atoms with E-state index in [0.29, 0.717) is 34.9 Å². The molecule has 2 amide bonds. The number of benzene rings is 3. The van der Waals surface area contributed by atoms with E-state index < -0.39 is 17.9 Å². The van der Waals surface area contributed by atoms with E-state index in [2.05, 4.69) is 15.6 Å². The summed E-state index contributed by atoms with van der Waals surface area (Å²) in [5.74, 6) is -1.84. The number of amides is 2. The van der Waals surface area contributed by atoms with E-state index in [1.54, 1.807) is 24.3 Å². The number of nitrogens with zero attached hydrogens (tertiary/aromatic N) is 4. The van der Waals surface area contributed by atoms with E-state index >= 15 is 0 Å². The molecular weight excluding hydrogens is 541 g/mol. The Morgan fingerprint density at radius 2 is 1.79 bits per heavy atom. The SMILES string of the molecule is O=C(O)c1ccc(NC(=O)C2c3ccccc3CCN2C(=O)C=Cc2cc(Cl)ccc2-n2cc(Cl)nn2)cc1. The van der Waals surface area contributed by atoms with Crippen LogP contribution in [-0.4, -0.2) is 49.3 Å². The fraction of sp³-hybridized carbons (Fsp3) is 0.107. The first-order valence-electron chi connectivity index (χ1n) is 11.9. The molecule has 1 unspecified atom stereocenters. The smallest absolute Gasteiger partial charge is 0.335 e. The first-order valence-corrected chi connectivity index (χ1v) is 12.6. The number of anilines is 1. The fourth-order valence-electron chi connectivity index (χ4n) is 4.48. The number of rotatable bonds is 6. The number of carboxylic acid groups (broad SMARTS) is 1. The molecule has 11 heteroatoms. The monoisotopic (exact) mass is 561 g/mol. The summed E-state index contributed by atoms with van der Waals surface area (Å²) < 4.78 is 1.48. The highest BCUT2D eigenvalue weighted by Gasteiger charge is 2.35. The number of carbonyl (C=O) groups is 3. The molecule has 1 aliphatic heterocycles. The third kappa shape index (κ3) is 5.69. The van der Waals surface area contributed by atoms with Crippen LogP contribution in [0.5, 0.6) is 0 Å². The molecule has 0 saturated carbocycles. The molecular formula is C28H21Cl2N5O4. The maximum atomic E-state index is 13.5. The maximum Gasteiger partial charge on any atom is 0.335 e. The lowest BCUT2D eigenvalue weighted by atomic mass is 9.91. The molecule has 9 nitrogen and oxygen atoms in total. The predicted octanol–water partition coefficient (Wildman–Crippen LogP) is 5.05. The van der Waals surface area contributed by atoms with Crippen molar-refractivity contribution in [2.75, 3.05) is 11.9 Å². The van der Waals surface area contributed by atoms with Crippen LogP contribution in [0.3, 0.4) is 0 Å². The lowest BCUT2D eigenvalue weighted by Gasteiger charge is -2.35. The Bertz CT molecular complexity index is 1600. The number of fused-ring (bicyclic) bond motifs is 1. The van der Waals surface area contributed by atoms with Gasteiger partial charge in [-0.2, -0.15) is 0 Å². The topological polar surface area (TPSA) is 117 Å². The van der Waals surface area contributed by atoms with Crippen LogP contribution in [0, 0.1) is 0 Å². The van der Waals surface area contributed by atoms with Gasteiger partial charge in [0, 0.05) is 28.9 Å². The van der Waals surface area contributed by atoms with Crippen molar-refractivity contribution in [2.24, 2.45) is 0 Å². The zero-order valence-corrected chi connectivity index (χ0v) is 21.8. The zero-order chi connectivity index (χ0) is 27.5. The van der Waals surface area contributed by atoms with Gasteiger partial charge in [0.2, 0.25) is 5.91 Å². The average molecular weight is 562 g/mol. The van der Waals surface area contributed by atoms with Gasteiger partial charge in [0.25, 0.3) is 5.91 Å². The van der Waals surface area contributed by atoms with Gasteiger partial charge in [0.05, 0.1) is 17.4 Å². The normalized spacial score (nSPS) is 14.7. The van der Waals surface area contributed by atoms with E-state index in [1.165, 1.54) is 46.1 Å². The van der Waals surface area contributed by atoms with Crippen LogP contribution in [0.2, 0.25) is 10.2 Å². The number of hydrogen-bond donors (Lipinski definition) is 2. The minimum atomic E-state index is -1.06. The lowest BCUT2D eigenvalue weighted by molar-refractivity contribution is -0.135. The fourth-order valence-corrected chi connectivity index (χ4v) is 4.79. The molecule has 0 radical (unpaired) electrons. The van der Waals surface area contributed by atoms with Crippen molar-refractivity contribution in [3.05, 3.63) is 111 Å². The summed E-state index contributed by atoms with van der Waals surface area (Å²) in [4.78, 5) is 39.7. The Morgan fingerprint density at radius 1 is 1.03 bits per heavy atom. The summed E-state index contributed by atoms with van der Waals surface area (Å²) in [7, 11) is 0. The van der Waals surface area contributed by atoms with Crippen LogP contribution >= 0.6 is 23.2 Å². The van der Waals surface area contributed by atoms with E-state index in [-0.39, 0.29) is 16.6 Å². The van der Waals surface area contributed by atoms with Crippen LogP contribution in [0.15, 0.2) is 79.0 Å². The molecule has 0 spiro atoms. The van der Waals surface area contributed by atoms with Crippen LogP contribution in [-0.2, 0) is 16.0 Å². The van der Waals surface area contributed by atoms with Gasteiger partial charge in [-0.05, 0) is 66.1 Å². The van der Waals surface area contributed by atoms with Gasteiger partial charge in [0.1, 0.15) is 6.04 Å². The van der Waals surface area contributed by atoms with Crippen molar-refractivity contribution < 1.29 is 19.5 Å². The first-order chi connectivity index (χ1) is 18.8. The second-order valence-electron chi connectivity index (χ2n) is 8.78. The second kappa shape index (κ2) is 11.1. The highest BCUT2D eigenvalue weighted by atomic mass is 35.5. The van der Waals surface area contributed by atoms with Gasteiger partial charge in [-0.1, -0.05) is 52.7 Å². The van der Waals surface area contributed by atoms with Crippen LogP contribution < -0.4 is 5.32 Å². The molecule has 2 N–H and O–H groups in total. The Balaban J connectivity index is 1.43. The number of halogens is 2. The van der Waals surface area contributed by atoms with Crippen molar-refractivity contribution in [1.29, 1.82) is 0 Å². The Morgan fingerprint density at radius 3 is 2.51 bits per heavy atom. The maximum absolute atomic E-state index is 13.5. The van der Waals surface area contributed by atoms with Gasteiger partial charge in [-0.15, -0.1) is 5.10 Å². The van der Waals surface area contributed by atoms with Gasteiger partial charge in [-0.3, -0.25) is 9.59 Å². The Labute approximate surface area is 233 Å². The van der Waals surface area contributed by atoms with Gasteiger partial charge >= 0.3 is 5.97 Å². The van der Waals surface area contributed by atoms with Crippen LogP contribution in [0.25, 0.3) is 11.8 Å². The van der Waals surface area contributed by atoms with Gasteiger partial charge < -0.3 is 15.3 Å². The van der Waals surface area contributed by atoms with E-state index in [9.17, 15) is 14.4 Å². The number of carboxylic acids is 1. The molecule has 39 heavy (non-hydrogen) atoms. The quantitative estimate of drug-likeness (QED) is 0.318. The number of carbonyl (C=O) groups excluding carboxylic acids is 2. The average Bonchev–Trinajstić information content (AvgIpc) is 3.37. The number of aromatic carboxylic acids is 1. The van der Waals surface area contributed by atoms with E-state index in [1.807, 2.05) is 24.3 Å². The molecule has 4 aromatic rings. The van der Waals surface area contributed by atoms with Crippen molar-refractivity contribution in [2.45, 2.75) is 12.5 Å². The Kier molecular flexibility index (Phi) is 7.44. The van der Waals surface area contributed by atoms with Gasteiger partial charge in [-0.25, -0.2) is 9.48 Å². The molecule has 1 aliphatic rings. The number of hydrogen-bond acceptors (Lipinski definition) is 5. The molecule has 5 rings (SSSR count).